The van der Waals surface area contributed by atoms with Crippen molar-refractivity contribution < 1.29 is 4.79 Å². The highest BCUT2D eigenvalue weighted by Gasteiger charge is 2.19. The summed E-state index contributed by atoms with van der Waals surface area (Å²) in [5.41, 5.74) is 4.40. The molecule has 0 aliphatic rings. The molecule has 3 rings (SSSR count). The molecular weight excluding hydrogens is 296 g/mol. The van der Waals surface area contributed by atoms with Gasteiger partial charge in [-0.05, 0) is 37.6 Å². The molecule has 0 spiro atoms. The largest absolute Gasteiger partial charge is 0.320 e. The standard InChI is InChI=1S/C13H11ClN4OS/c1-7-5-9(14)3-4-10(7)17-12(19)11-8(2)16-13-18(11)15-6-20-13/h3-6H,1-2H3,(H,17,19). The summed E-state index contributed by atoms with van der Waals surface area (Å²) >= 11 is 7.30. The molecular formula is C13H11ClN4OS. The van der Waals surface area contributed by atoms with Crippen LogP contribution in [0, 0.1) is 13.8 Å². The number of carbonyl (C=O) groups excluding carboxylic acids is 1. The first-order chi connectivity index (χ1) is 9.56. The zero-order chi connectivity index (χ0) is 14.3. The van der Waals surface area contributed by atoms with E-state index in [0.29, 0.717) is 21.4 Å². The summed E-state index contributed by atoms with van der Waals surface area (Å²) in [6, 6.07) is 5.33. The highest BCUT2D eigenvalue weighted by atomic mass is 35.5. The van der Waals surface area contributed by atoms with Gasteiger partial charge in [0, 0.05) is 10.7 Å². The van der Waals surface area contributed by atoms with Gasteiger partial charge < -0.3 is 5.32 Å². The summed E-state index contributed by atoms with van der Waals surface area (Å²) in [4.78, 5) is 17.4. The lowest BCUT2D eigenvalue weighted by molar-refractivity contribution is 0.101. The first kappa shape index (κ1) is 13.1. The van der Waals surface area contributed by atoms with Crippen LogP contribution in [0.1, 0.15) is 21.7 Å². The van der Waals surface area contributed by atoms with Crippen molar-refractivity contribution in [2.45, 2.75) is 13.8 Å². The van der Waals surface area contributed by atoms with Gasteiger partial charge in [0.1, 0.15) is 5.51 Å². The van der Waals surface area contributed by atoms with Crippen LogP contribution in [0.4, 0.5) is 5.69 Å². The lowest BCUT2D eigenvalue weighted by Gasteiger charge is -2.08. The number of halogens is 1. The Morgan fingerprint density at radius 3 is 2.95 bits per heavy atom. The van der Waals surface area contributed by atoms with E-state index in [-0.39, 0.29) is 5.91 Å². The van der Waals surface area contributed by atoms with Crippen molar-refractivity contribution in [2.75, 3.05) is 5.32 Å². The molecule has 1 aromatic carbocycles. The molecule has 5 nitrogen and oxygen atoms in total. The maximum absolute atomic E-state index is 12.4. The molecule has 0 atom stereocenters. The predicted molar refractivity (Wildman–Crippen MR) is 79.7 cm³/mol. The molecule has 0 aliphatic heterocycles. The van der Waals surface area contributed by atoms with Crippen LogP contribution in [-0.4, -0.2) is 20.5 Å². The topological polar surface area (TPSA) is 59.3 Å². The molecule has 1 amide bonds. The Morgan fingerprint density at radius 2 is 2.20 bits per heavy atom. The van der Waals surface area contributed by atoms with Crippen LogP contribution in [0.5, 0.6) is 0 Å². The Hall–Kier alpha value is -1.92. The van der Waals surface area contributed by atoms with E-state index in [1.54, 1.807) is 35.1 Å². The molecule has 20 heavy (non-hydrogen) atoms. The van der Waals surface area contributed by atoms with E-state index < -0.39 is 0 Å². The van der Waals surface area contributed by atoms with Crippen molar-refractivity contribution >= 4 is 39.5 Å². The van der Waals surface area contributed by atoms with E-state index >= 15 is 0 Å². The van der Waals surface area contributed by atoms with Gasteiger partial charge in [0.05, 0.1) is 5.69 Å². The minimum Gasteiger partial charge on any atom is -0.320 e. The van der Waals surface area contributed by atoms with Gasteiger partial charge in [-0.1, -0.05) is 22.9 Å². The van der Waals surface area contributed by atoms with E-state index in [1.807, 2.05) is 6.92 Å². The normalized spacial score (nSPS) is 10.9. The summed E-state index contributed by atoms with van der Waals surface area (Å²) < 4.78 is 1.56. The molecule has 2 aromatic heterocycles. The van der Waals surface area contributed by atoms with Gasteiger partial charge in [-0.3, -0.25) is 4.79 Å². The van der Waals surface area contributed by atoms with Crippen molar-refractivity contribution in [3.63, 3.8) is 0 Å². The third-order valence-corrected chi connectivity index (χ3v) is 3.88. The molecule has 0 radical (unpaired) electrons. The van der Waals surface area contributed by atoms with Gasteiger partial charge in [0.15, 0.2) is 5.69 Å². The lowest BCUT2D eigenvalue weighted by atomic mass is 10.2. The number of imidazole rings is 1. The van der Waals surface area contributed by atoms with Gasteiger partial charge in [-0.2, -0.15) is 9.61 Å². The van der Waals surface area contributed by atoms with Crippen LogP contribution in [0.3, 0.4) is 0 Å². The van der Waals surface area contributed by atoms with Gasteiger partial charge in [-0.15, -0.1) is 0 Å². The first-order valence-electron chi connectivity index (χ1n) is 5.92. The van der Waals surface area contributed by atoms with Crippen LogP contribution < -0.4 is 5.32 Å². The number of aryl methyl sites for hydroxylation is 2. The fraction of sp³-hybridized carbons (Fsp3) is 0.154. The Bertz CT molecular complexity index is 808. The Morgan fingerprint density at radius 1 is 1.40 bits per heavy atom. The predicted octanol–water partition coefficient (Wildman–Crippen LogP) is 3.31. The van der Waals surface area contributed by atoms with Crippen LogP contribution in [-0.2, 0) is 0 Å². The molecule has 0 saturated heterocycles. The first-order valence-corrected chi connectivity index (χ1v) is 7.18. The second kappa shape index (κ2) is 4.88. The SMILES string of the molecule is Cc1cc(Cl)ccc1NC(=O)c1c(C)nc2scnn12. The lowest BCUT2D eigenvalue weighted by Crippen LogP contribution is -2.16. The Labute approximate surface area is 124 Å². The second-order valence-electron chi connectivity index (χ2n) is 4.39. The van der Waals surface area contributed by atoms with E-state index in [9.17, 15) is 4.79 Å². The van der Waals surface area contributed by atoms with Gasteiger partial charge in [-0.25, -0.2) is 4.98 Å². The third-order valence-electron chi connectivity index (χ3n) is 2.97. The van der Waals surface area contributed by atoms with Crippen molar-refractivity contribution in [2.24, 2.45) is 0 Å². The molecule has 1 N–H and O–H groups in total. The van der Waals surface area contributed by atoms with Gasteiger partial charge in [0.25, 0.3) is 5.91 Å². The zero-order valence-corrected chi connectivity index (χ0v) is 12.4. The molecule has 0 unspecified atom stereocenters. The van der Waals surface area contributed by atoms with Gasteiger partial charge >= 0.3 is 0 Å². The molecule has 2 heterocycles. The average Bonchev–Trinajstić information content (AvgIpc) is 2.92. The molecule has 7 heteroatoms. The van der Waals surface area contributed by atoms with Crippen molar-refractivity contribution in [1.82, 2.24) is 14.6 Å². The number of aromatic nitrogens is 3. The van der Waals surface area contributed by atoms with Crippen LogP contribution >= 0.6 is 22.9 Å². The van der Waals surface area contributed by atoms with Crippen LogP contribution in [0.15, 0.2) is 23.7 Å². The number of amides is 1. The molecule has 0 saturated carbocycles. The highest BCUT2D eigenvalue weighted by Crippen LogP contribution is 2.21. The number of nitrogens with one attached hydrogen (secondary N) is 1. The van der Waals surface area contributed by atoms with Crippen LogP contribution in [0.25, 0.3) is 4.96 Å². The summed E-state index contributed by atoms with van der Waals surface area (Å²) in [5, 5.41) is 7.64. The Kier molecular flexibility index (Phi) is 3.19. The van der Waals surface area contributed by atoms with Gasteiger partial charge in [0.2, 0.25) is 4.96 Å². The van der Waals surface area contributed by atoms with Crippen LogP contribution in [0.2, 0.25) is 5.02 Å². The maximum atomic E-state index is 12.4. The quantitative estimate of drug-likeness (QED) is 0.790. The minimum absolute atomic E-state index is 0.230. The Balaban J connectivity index is 1.97. The van der Waals surface area contributed by atoms with Crippen molar-refractivity contribution in [1.29, 1.82) is 0 Å². The summed E-state index contributed by atoms with van der Waals surface area (Å²) in [7, 11) is 0. The molecule has 3 aromatic rings. The molecule has 0 fully saturated rings. The number of anilines is 1. The number of nitrogens with zero attached hydrogens (tertiary/aromatic N) is 3. The number of rotatable bonds is 2. The fourth-order valence-corrected chi connectivity index (χ4v) is 2.89. The van der Waals surface area contributed by atoms with E-state index in [0.717, 1.165) is 11.3 Å². The van der Waals surface area contributed by atoms with Crippen molar-refractivity contribution in [3.8, 4) is 0 Å². The number of carbonyl (C=O) groups is 1. The number of hydrogen-bond acceptors (Lipinski definition) is 4. The molecule has 0 aliphatic carbocycles. The maximum Gasteiger partial charge on any atom is 0.276 e. The minimum atomic E-state index is -0.230. The number of fused-ring (bicyclic) bond motifs is 1. The molecule has 102 valence electrons. The number of hydrogen-bond donors (Lipinski definition) is 1. The summed E-state index contributed by atoms with van der Waals surface area (Å²) in [6.45, 7) is 3.69. The van der Waals surface area contributed by atoms with E-state index in [4.69, 9.17) is 11.6 Å². The monoisotopic (exact) mass is 306 g/mol. The smallest absolute Gasteiger partial charge is 0.276 e. The van der Waals surface area contributed by atoms with E-state index in [2.05, 4.69) is 15.4 Å². The summed E-state index contributed by atoms with van der Waals surface area (Å²) in [5.74, 6) is -0.230. The third kappa shape index (κ3) is 2.17. The summed E-state index contributed by atoms with van der Waals surface area (Å²) in [6.07, 6.45) is 0. The molecule has 0 bridgehead atoms. The zero-order valence-electron chi connectivity index (χ0n) is 10.8. The van der Waals surface area contributed by atoms with E-state index in [1.165, 1.54) is 11.3 Å². The fourth-order valence-electron chi connectivity index (χ4n) is 2.00. The number of benzene rings is 1. The second-order valence-corrected chi connectivity index (χ2v) is 5.64. The average molecular weight is 307 g/mol. The van der Waals surface area contributed by atoms with Crippen molar-refractivity contribution in [3.05, 3.63) is 45.7 Å². The highest BCUT2D eigenvalue weighted by molar-refractivity contribution is 7.14.